The molecule has 0 aliphatic heterocycles. The molecule has 1 N–H and O–H groups in total. The van der Waals surface area contributed by atoms with Crippen molar-refractivity contribution in [2.45, 2.75) is 20.5 Å². The zero-order chi connectivity index (χ0) is 23.3. The quantitative estimate of drug-likeness (QED) is 0.462. The molecule has 10 heteroatoms. The third-order valence-electron chi connectivity index (χ3n) is 4.29. The first-order chi connectivity index (χ1) is 15.3. The summed E-state index contributed by atoms with van der Waals surface area (Å²) in [7, 11) is 1.46. The van der Waals surface area contributed by atoms with Gasteiger partial charge in [0.25, 0.3) is 5.91 Å². The lowest BCUT2D eigenvalue weighted by molar-refractivity contribution is -0.119. The number of anilines is 1. The van der Waals surface area contributed by atoms with E-state index in [0.29, 0.717) is 32.9 Å². The van der Waals surface area contributed by atoms with Crippen LogP contribution in [-0.4, -0.2) is 30.6 Å². The first-order valence-electron chi connectivity index (χ1n) is 9.42. The number of amides is 1. The van der Waals surface area contributed by atoms with E-state index in [0.717, 1.165) is 16.9 Å². The number of rotatable bonds is 8. The summed E-state index contributed by atoms with van der Waals surface area (Å²) in [5, 5.41) is 3.69. The van der Waals surface area contributed by atoms with E-state index in [4.69, 9.17) is 25.8 Å². The van der Waals surface area contributed by atoms with E-state index >= 15 is 0 Å². The van der Waals surface area contributed by atoms with Crippen LogP contribution in [0, 0.1) is 19.7 Å². The van der Waals surface area contributed by atoms with E-state index in [1.807, 2.05) is 0 Å². The molecule has 0 spiro atoms. The molecule has 7 nitrogen and oxygen atoms in total. The monoisotopic (exact) mass is 478 g/mol. The second kappa shape index (κ2) is 10.4. The molecule has 1 heterocycles. The van der Waals surface area contributed by atoms with Crippen LogP contribution in [0.25, 0.3) is 0 Å². The molecule has 0 radical (unpaired) electrons. The Kier molecular flexibility index (Phi) is 7.66. The van der Waals surface area contributed by atoms with Crippen molar-refractivity contribution in [3.63, 3.8) is 0 Å². The van der Waals surface area contributed by atoms with Crippen LogP contribution in [-0.2, 0) is 16.1 Å². The molecular formula is C22H20ClFN2O5S. The molecule has 3 aromatic rings. The maximum Gasteiger partial charge on any atom is 0.350 e. The van der Waals surface area contributed by atoms with E-state index in [1.54, 1.807) is 26.0 Å². The Morgan fingerprint density at radius 1 is 1.19 bits per heavy atom. The fourth-order valence-corrected chi connectivity index (χ4v) is 3.72. The van der Waals surface area contributed by atoms with Gasteiger partial charge >= 0.3 is 5.97 Å². The number of hydrogen-bond acceptors (Lipinski definition) is 7. The standard InChI is InChI=1S/C22H20ClFN2O5S/c1-12-8-17(18(29-3)9-16(12)23)26-19(27)10-31-22(28)21-13(2)25-20(32-21)11-30-15-6-4-14(24)5-7-15/h4-9H,10-11H2,1-3H3,(H,26,27). The lowest BCUT2D eigenvalue weighted by Gasteiger charge is -2.12. The van der Waals surface area contributed by atoms with Crippen LogP contribution in [0.3, 0.4) is 0 Å². The second-order valence-corrected chi connectivity index (χ2v) is 8.18. The average molecular weight is 479 g/mol. The third-order valence-corrected chi connectivity index (χ3v) is 5.81. The number of esters is 1. The van der Waals surface area contributed by atoms with Gasteiger partial charge in [0, 0.05) is 11.1 Å². The van der Waals surface area contributed by atoms with Crippen LogP contribution in [0.15, 0.2) is 36.4 Å². The largest absolute Gasteiger partial charge is 0.495 e. The molecule has 32 heavy (non-hydrogen) atoms. The van der Waals surface area contributed by atoms with Gasteiger partial charge in [0.1, 0.15) is 33.8 Å². The Morgan fingerprint density at radius 2 is 1.91 bits per heavy atom. The molecule has 0 aliphatic rings. The number of thiazole rings is 1. The zero-order valence-electron chi connectivity index (χ0n) is 17.5. The number of nitrogens with zero attached hydrogens (tertiary/aromatic N) is 1. The van der Waals surface area contributed by atoms with Crippen LogP contribution < -0.4 is 14.8 Å². The van der Waals surface area contributed by atoms with Gasteiger partial charge in [0.2, 0.25) is 0 Å². The topological polar surface area (TPSA) is 86.8 Å². The average Bonchev–Trinajstić information content (AvgIpc) is 3.14. The normalized spacial score (nSPS) is 10.5. The number of halogens is 2. The summed E-state index contributed by atoms with van der Waals surface area (Å²) in [6.45, 7) is 3.08. The molecule has 1 aromatic heterocycles. The van der Waals surface area contributed by atoms with Crippen molar-refractivity contribution in [2.75, 3.05) is 19.0 Å². The van der Waals surface area contributed by atoms with E-state index in [-0.39, 0.29) is 17.3 Å². The van der Waals surface area contributed by atoms with Crippen LogP contribution >= 0.6 is 22.9 Å². The second-order valence-electron chi connectivity index (χ2n) is 6.69. The maximum atomic E-state index is 13.0. The number of carbonyl (C=O) groups excluding carboxylic acids is 2. The summed E-state index contributed by atoms with van der Waals surface area (Å²) < 4.78 is 28.8. The molecule has 0 saturated heterocycles. The minimum atomic E-state index is -0.664. The van der Waals surface area contributed by atoms with Gasteiger partial charge in [-0.05, 0) is 49.7 Å². The van der Waals surface area contributed by atoms with Crippen molar-refractivity contribution in [2.24, 2.45) is 0 Å². The Hall–Kier alpha value is -3.17. The number of aryl methyl sites for hydroxylation is 2. The molecule has 0 unspecified atom stereocenters. The smallest absolute Gasteiger partial charge is 0.350 e. The van der Waals surface area contributed by atoms with Gasteiger partial charge in [0.15, 0.2) is 6.61 Å². The van der Waals surface area contributed by atoms with Crippen LogP contribution in [0.2, 0.25) is 5.02 Å². The Labute approximate surface area is 193 Å². The predicted octanol–water partition coefficient (Wildman–Crippen LogP) is 4.94. The number of hydrogen-bond donors (Lipinski definition) is 1. The number of ether oxygens (including phenoxy) is 3. The number of benzene rings is 2. The summed E-state index contributed by atoms with van der Waals surface area (Å²) in [6.07, 6.45) is 0. The summed E-state index contributed by atoms with van der Waals surface area (Å²) in [5.74, 6) is -0.679. The van der Waals surface area contributed by atoms with Crippen molar-refractivity contribution in [1.82, 2.24) is 4.98 Å². The molecule has 0 saturated carbocycles. The summed E-state index contributed by atoms with van der Waals surface area (Å²) >= 11 is 7.17. The van der Waals surface area contributed by atoms with E-state index in [2.05, 4.69) is 10.3 Å². The van der Waals surface area contributed by atoms with Crippen molar-refractivity contribution in [3.05, 3.63) is 68.4 Å². The molecule has 3 rings (SSSR count). The van der Waals surface area contributed by atoms with E-state index in [1.165, 1.54) is 31.4 Å². The van der Waals surface area contributed by atoms with E-state index < -0.39 is 18.5 Å². The Bertz CT molecular complexity index is 1130. The summed E-state index contributed by atoms with van der Waals surface area (Å²) in [5.41, 5.74) is 1.65. The molecule has 1 amide bonds. The number of aromatic nitrogens is 1. The highest BCUT2D eigenvalue weighted by molar-refractivity contribution is 7.13. The maximum absolute atomic E-state index is 13.0. The van der Waals surface area contributed by atoms with Crippen molar-refractivity contribution >= 4 is 40.5 Å². The molecule has 0 aliphatic carbocycles. The van der Waals surface area contributed by atoms with Crippen molar-refractivity contribution in [3.8, 4) is 11.5 Å². The fourth-order valence-electron chi connectivity index (χ4n) is 2.69. The van der Waals surface area contributed by atoms with Gasteiger partial charge < -0.3 is 19.5 Å². The van der Waals surface area contributed by atoms with Crippen molar-refractivity contribution in [1.29, 1.82) is 0 Å². The van der Waals surface area contributed by atoms with Crippen molar-refractivity contribution < 1.29 is 28.2 Å². The predicted molar refractivity (Wildman–Crippen MR) is 119 cm³/mol. The van der Waals surface area contributed by atoms with E-state index in [9.17, 15) is 14.0 Å². The first-order valence-corrected chi connectivity index (χ1v) is 10.6. The number of nitrogens with one attached hydrogen (secondary N) is 1. The molecular weight excluding hydrogens is 459 g/mol. The van der Waals surface area contributed by atoms with Crippen LogP contribution in [0.1, 0.15) is 25.9 Å². The van der Waals surface area contributed by atoms with Crippen LogP contribution in [0.4, 0.5) is 10.1 Å². The lowest BCUT2D eigenvalue weighted by Crippen LogP contribution is -2.21. The summed E-state index contributed by atoms with van der Waals surface area (Å²) in [4.78, 5) is 29.2. The fraction of sp³-hybridized carbons (Fsp3) is 0.227. The zero-order valence-corrected chi connectivity index (χ0v) is 19.1. The highest BCUT2D eigenvalue weighted by Gasteiger charge is 2.19. The van der Waals surface area contributed by atoms with Crippen LogP contribution in [0.5, 0.6) is 11.5 Å². The van der Waals surface area contributed by atoms with Gasteiger partial charge in [-0.1, -0.05) is 11.6 Å². The van der Waals surface area contributed by atoms with Gasteiger partial charge in [-0.25, -0.2) is 14.2 Å². The molecule has 168 valence electrons. The van der Waals surface area contributed by atoms with Gasteiger partial charge in [-0.2, -0.15) is 0 Å². The SMILES string of the molecule is COc1cc(Cl)c(C)cc1NC(=O)COC(=O)c1sc(COc2ccc(F)cc2)nc1C. The minimum absolute atomic E-state index is 0.112. The highest BCUT2D eigenvalue weighted by Crippen LogP contribution is 2.31. The number of carbonyl (C=O) groups is 2. The third kappa shape index (κ3) is 5.95. The molecule has 0 bridgehead atoms. The number of methoxy groups -OCH3 is 1. The first kappa shape index (κ1) is 23.5. The van der Waals surface area contributed by atoms with Gasteiger partial charge in [-0.15, -0.1) is 11.3 Å². The molecule has 0 fully saturated rings. The lowest BCUT2D eigenvalue weighted by atomic mass is 10.2. The Balaban J connectivity index is 1.56. The summed E-state index contributed by atoms with van der Waals surface area (Å²) in [6, 6.07) is 8.84. The van der Waals surface area contributed by atoms with Gasteiger partial charge in [0.05, 0.1) is 18.5 Å². The van der Waals surface area contributed by atoms with Gasteiger partial charge in [-0.3, -0.25) is 4.79 Å². The Morgan fingerprint density at radius 3 is 2.59 bits per heavy atom. The molecule has 0 atom stereocenters. The highest BCUT2D eigenvalue weighted by atomic mass is 35.5. The molecule has 2 aromatic carbocycles. The minimum Gasteiger partial charge on any atom is -0.495 e.